The number of thiophene rings is 1. The molecule has 2 heterocycles. The molecule has 25 heavy (non-hydrogen) atoms. The molecule has 0 radical (unpaired) electrons. The van der Waals surface area contributed by atoms with Crippen molar-refractivity contribution in [2.24, 2.45) is 0 Å². The van der Waals surface area contributed by atoms with E-state index in [0.717, 1.165) is 12.0 Å². The van der Waals surface area contributed by atoms with Crippen LogP contribution in [0.2, 0.25) is 5.02 Å². The van der Waals surface area contributed by atoms with Gasteiger partial charge in [0, 0.05) is 22.0 Å². The topological polar surface area (TPSA) is 85.1 Å². The lowest BCUT2D eigenvalue weighted by Crippen LogP contribution is -2.24. The van der Waals surface area contributed by atoms with Crippen LogP contribution in [0.5, 0.6) is 0 Å². The fourth-order valence-electron chi connectivity index (χ4n) is 2.22. The van der Waals surface area contributed by atoms with Crippen LogP contribution in [-0.4, -0.2) is 25.1 Å². The van der Waals surface area contributed by atoms with E-state index < -0.39 is 10.0 Å². The van der Waals surface area contributed by atoms with Gasteiger partial charge in [0.05, 0.1) is 9.77 Å². The van der Waals surface area contributed by atoms with Gasteiger partial charge in [-0.15, -0.1) is 11.3 Å². The second-order valence-corrected chi connectivity index (χ2v) is 8.79. The van der Waals surface area contributed by atoms with Gasteiger partial charge in [0.1, 0.15) is 0 Å². The number of nitrogens with one attached hydrogen (secondary N) is 1. The second kappa shape index (κ2) is 7.25. The molecule has 0 aliphatic heterocycles. The van der Waals surface area contributed by atoms with Gasteiger partial charge in [-0.1, -0.05) is 35.8 Å². The van der Waals surface area contributed by atoms with Gasteiger partial charge in [-0.05, 0) is 31.5 Å². The van der Waals surface area contributed by atoms with Gasteiger partial charge < -0.3 is 4.52 Å². The second-order valence-electron chi connectivity index (χ2n) is 5.36. The van der Waals surface area contributed by atoms with Crippen molar-refractivity contribution < 1.29 is 12.9 Å². The minimum Gasteiger partial charge on any atom is -0.333 e. The van der Waals surface area contributed by atoms with Gasteiger partial charge in [0.2, 0.25) is 15.8 Å². The standard InChI is InChI=1S/C16H16ClN3O3S2/c1-3-7-18-25(21,22)14-9-13(24-10(14)2)16-19-15(20-23-16)11-5-4-6-12(17)8-11/h4-6,8-9,18H,3,7H2,1-2H3. The van der Waals surface area contributed by atoms with Gasteiger partial charge in [0.25, 0.3) is 5.89 Å². The number of aromatic nitrogens is 2. The van der Waals surface area contributed by atoms with E-state index in [0.29, 0.717) is 27.1 Å². The van der Waals surface area contributed by atoms with Gasteiger partial charge in [0.15, 0.2) is 0 Å². The van der Waals surface area contributed by atoms with Gasteiger partial charge in [-0.25, -0.2) is 13.1 Å². The molecule has 3 aromatic rings. The molecule has 1 N–H and O–H groups in total. The van der Waals surface area contributed by atoms with Crippen LogP contribution < -0.4 is 4.72 Å². The molecule has 6 nitrogen and oxygen atoms in total. The summed E-state index contributed by atoms with van der Waals surface area (Å²) in [7, 11) is -3.54. The Kier molecular flexibility index (Phi) is 5.24. The first-order valence-electron chi connectivity index (χ1n) is 7.61. The van der Waals surface area contributed by atoms with E-state index in [9.17, 15) is 8.42 Å². The number of hydrogen-bond acceptors (Lipinski definition) is 6. The number of nitrogens with zero attached hydrogens (tertiary/aromatic N) is 2. The van der Waals surface area contributed by atoms with E-state index in [1.807, 2.05) is 13.0 Å². The zero-order chi connectivity index (χ0) is 18.0. The molecule has 0 atom stereocenters. The smallest absolute Gasteiger partial charge is 0.268 e. The molecule has 132 valence electrons. The molecule has 0 saturated heterocycles. The average molecular weight is 398 g/mol. The normalized spacial score (nSPS) is 11.8. The molecule has 0 spiro atoms. The lowest BCUT2D eigenvalue weighted by molar-refractivity contribution is 0.433. The van der Waals surface area contributed by atoms with E-state index in [-0.39, 0.29) is 10.8 Å². The highest BCUT2D eigenvalue weighted by atomic mass is 35.5. The van der Waals surface area contributed by atoms with Crippen LogP contribution in [0.15, 0.2) is 39.8 Å². The number of rotatable bonds is 6. The van der Waals surface area contributed by atoms with Gasteiger partial charge in [-0.2, -0.15) is 4.98 Å². The first kappa shape index (κ1) is 18.1. The van der Waals surface area contributed by atoms with E-state index in [1.54, 1.807) is 31.2 Å². The molecule has 0 bridgehead atoms. The summed E-state index contributed by atoms with van der Waals surface area (Å²) in [5, 5.41) is 4.53. The quantitative estimate of drug-likeness (QED) is 0.676. The largest absolute Gasteiger partial charge is 0.333 e. The first-order valence-corrected chi connectivity index (χ1v) is 10.3. The summed E-state index contributed by atoms with van der Waals surface area (Å²) >= 11 is 7.27. The summed E-state index contributed by atoms with van der Waals surface area (Å²) in [4.78, 5) is 5.86. The molecular weight excluding hydrogens is 382 g/mol. The molecule has 0 amide bonds. The Bertz CT molecular complexity index is 996. The van der Waals surface area contributed by atoms with Crippen molar-refractivity contribution in [2.45, 2.75) is 25.2 Å². The predicted octanol–water partition coefficient (Wildman–Crippen LogP) is 4.12. The van der Waals surface area contributed by atoms with E-state index in [4.69, 9.17) is 16.1 Å². The third kappa shape index (κ3) is 3.92. The van der Waals surface area contributed by atoms with Crippen LogP contribution in [0.4, 0.5) is 0 Å². The molecule has 3 rings (SSSR count). The summed E-state index contributed by atoms with van der Waals surface area (Å²) in [6.45, 7) is 4.06. The third-order valence-corrected chi connectivity index (χ3v) is 6.41. The number of hydrogen-bond donors (Lipinski definition) is 1. The van der Waals surface area contributed by atoms with Crippen LogP contribution in [-0.2, 0) is 10.0 Å². The van der Waals surface area contributed by atoms with Crippen molar-refractivity contribution >= 4 is 33.0 Å². The molecule has 0 fully saturated rings. The van der Waals surface area contributed by atoms with Crippen LogP contribution in [0.1, 0.15) is 18.2 Å². The maximum Gasteiger partial charge on any atom is 0.268 e. The molecular formula is C16H16ClN3O3S2. The highest BCUT2D eigenvalue weighted by Gasteiger charge is 2.22. The van der Waals surface area contributed by atoms with Crippen molar-refractivity contribution in [1.82, 2.24) is 14.9 Å². The Morgan fingerprint density at radius 1 is 1.32 bits per heavy atom. The minimum absolute atomic E-state index is 0.239. The fraction of sp³-hybridized carbons (Fsp3) is 0.250. The highest BCUT2D eigenvalue weighted by Crippen LogP contribution is 2.33. The maximum atomic E-state index is 12.3. The van der Waals surface area contributed by atoms with Crippen molar-refractivity contribution in [3.05, 3.63) is 40.2 Å². The van der Waals surface area contributed by atoms with Crippen LogP contribution in [0.3, 0.4) is 0 Å². The van der Waals surface area contributed by atoms with Crippen LogP contribution in [0, 0.1) is 6.92 Å². The first-order chi connectivity index (χ1) is 11.9. The highest BCUT2D eigenvalue weighted by molar-refractivity contribution is 7.89. The number of aryl methyl sites for hydroxylation is 1. The molecule has 0 unspecified atom stereocenters. The number of sulfonamides is 1. The van der Waals surface area contributed by atoms with Gasteiger partial charge >= 0.3 is 0 Å². The maximum absolute atomic E-state index is 12.3. The monoisotopic (exact) mass is 397 g/mol. The summed E-state index contributed by atoms with van der Waals surface area (Å²) in [5.41, 5.74) is 0.730. The molecule has 0 aliphatic carbocycles. The van der Waals surface area contributed by atoms with Crippen molar-refractivity contribution in [1.29, 1.82) is 0 Å². The Balaban J connectivity index is 1.93. The third-order valence-electron chi connectivity index (χ3n) is 3.42. The summed E-state index contributed by atoms with van der Waals surface area (Å²) in [5.74, 6) is 0.678. The summed E-state index contributed by atoms with van der Waals surface area (Å²) in [6.07, 6.45) is 0.724. The van der Waals surface area contributed by atoms with E-state index in [2.05, 4.69) is 14.9 Å². The fourth-order valence-corrected chi connectivity index (χ4v) is 5.06. The molecule has 0 aliphatic rings. The number of benzene rings is 1. The minimum atomic E-state index is -3.54. The average Bonchev–Trinajstić information content (AvgIpc) is 3.20. The predicted molar refractivity (Wildman–Crippen MR) is 98.3 cm³/mol. The molecule has 2 aromatic heterocycles. The Morgan fingerprint density at radius 2 is 2.12 bits per heavy atom. The Hall–Kier alpha value is -1.74. The van der Waals surface area contributed by atoms with Crippen LogP contribution >= 0.6 is 22.9 Å². The molecule has 9 heteroatoms. The molecule has 1 aromatic carbocycles. The van der Waals surface area contributed by atoms with Gasteiger partial charge in [-0.3, -0.25) is 0 Å². The van der Waals surface area contributed by atoms with Crippen molar-refractivity contribution in [2.75, 3.05) is 6.54 Å². The van der Waals surface area contributed by atoms with E-state index in [1.165, 1.54) is 11.3 Å². The lowest BCUT2D eigenvalue weighted by atomic mass is 10.2. The molecule has 0 saturated carbocycles. The van der Waals surface area contributed by atoms with Crippen LogP contribution in [0.25, 0.3) is 22.2 Å². The summed E-state index contributed by atoms with van der Waals surface area (Å²) in [6, 6.07) is 8.68. The number of halogens is 1. The Morgan fingerprint density at radius 3 is 2.84 bits per heavy atom. The zero-order valence-corrected chi connectivity index (χ0v) is 16.0. The van der Waals surface area contributed by atoms with Crippen molar-refractivity contribution in [3.63, 3.8) is 0 Å². The van der Waals surface area contributed by atoms with Crippen molar-refractivity contribution in [3.8, 4) is 22.2 Å². The van der Waals surface area contributed by atoms with E-state index >= 15 is 0 Å². The Labute approximate surface area is 154 Å². The summed E-state index contributed by atoms with van der Waals surface area (Å²) < 4.78 is 32.5. The SMILES string of the molecule is CCCNS(=O)(=O)c1cc(-c2nc(-c3cccc(Cl)c3)no2)sc1C. The zero-order valence-electron chi connectivity index (χ0n) is 13.6. The lowest BCUT2D eigenvalue weighted by Gasteiger charge is -2.03.